The van der Waals surface area contributed by atoms with Crippen LogP contribution in [0.25, 0.3) is 10.9 Å². The number of carbonyl (C=O) groups is 1. The largest absolute Gasteiger partial charge is 0.497 e. The van der Waals surface area contributed by atoms with Gasteiger partial charge < -0.3 is 14.8 Å². The lowest BCUT2D eigenvalue weighted by atomic mass is 10.1. The Bertz CT molecular complexity index is 862. The number of hydrogen-bond donors (Lipinski definition) is 1. The Balaban J connectivity index is 1.95. The molecule has 0 fully saturated rings. The van der Waals surface area contributed by atoms with E-state index in [0.717, 1.165) is 10.9 Å². The van der Waals surface area contributed by atoms with Crippen LogP contribution < -0.4 is 14.8 Å². The predicted molar refractivity (Wildman–Crippen MR) is 89.2 cm³/mol. The standard InChI is InChI=1S/C18H16N2O3/c1-22-13-5-3-4-12(10-13)18(21)20-17-8-9-19-16-7-6-14(23-2)11-15(16)17/h3-11H,1-2H3,(H,19,20,21). The topological polar surface area (TPSA) is 60.5 Å². The molecule has 0 saturated heterocycles. The van der Waals surface area contributed by atoms with E-state index in [1.165, 1.54) is 0 Å². The van der Waals surface area contributed by atoms with Gasteiger partial charge in [-0.2, -0.15) is 0 Å². The summed E-state index contributed by atoms with van der Waals surface area (Å²) in [5.41, 5.74) is 1.99. The summed E-state index contributed by atoms with van der Waals surface area (Å²) < 4.78 is 10.4. The van der Waals surface area contributed by atoms with E-state index in [-0.39, 0.29) is 5.91 Å². The Labute approximate surface area is 133 Å². The van der Waals surface area contributed by atoms with Gasteiger partial charge >= 0.3 is 0 Å². The van der Waals surface area contributed by atoms with Crippen molar-refractivity contribution >= 4 is 22.5 Å². The van der Waals surface area contributed by atoms with E-state index in [4.69, 9.17) is 9.47 Å². The summed E-state index contributed by atoms with van der Waals surface area (Å²) >= 11 is 0. The van der Waals surface area contributed by atoms with Crippen molar-refractivity contribution in [2.45, 2.75) is 0 Å². The Morgan fingerprint density at radius 2 is 1.78 bits per heavy atom. The lowest BCUT2D eigenvalue weighted by Crippen LogP contribution is -2.12. The SMILES string of the molecule is COc1cccc(C(=O)Nc2ccnc3ccc(OC)cc23)c1. The number of methoxy groups -OCH3 is 2. The maximum atomic E-state index is 12.5. The molecule has 0 aliphatic heterocycles. The average Bonchev–Trinajstić information content (AvgIpc) is 2.61. The van der Waals surface area contributed by atoms with Gasteiger partial charge in [0.15, 0.2) is 0 Å². The van der Waals surface area contributed by atoms with E-state index < -0.39 is 0 Å². The van der Waals surface area contributed by atoms with Gasteiger partial charge in [-0.05, 0) is 42.5 Å². The fraction of sp³-hybridized carbons (Fsp3) is 0.111. The van der Waals surface area contributed by atoms with E-state index >= 15 is 0 Å². The first kappa shape index (κ1) is 14.8. The lowest BCUT2D eigenvalue weighted by molar-refractivity contribution is 0.102. The molecular formula is C18H16N2O3. The van der Waals surface area contributed by atoms with Crippen molar-refractivity contribution in [3.8, 4) is 11.5 Å². The van der Waals surface area contributed by atoms with Crippen molar-refractivity contribution in [3.63, 3.8) is 0 Å². The fourth-order valence-corrected chi connectivity index (χ4v) is 2.32. The van der Waals surface area contributed by atoms with Crippen LogP contribution in [0.15, 0.2) is 54.7 Å². The first-order valence-corrected chi connectivity index (χ1v) is 7.09. The number of nitrogens with zero attached hydrogens (tertiary/aromatic N) is 1. The Morgan fingerprint density at radius 3 is 2.57 bits per heavy atom. The van der Waals surface area contributed by atoms with Crippen LogP contribution in [0.4, 0.5) is 5.69 Å². The number of carbonyl (C=O) groups excluding carboxylic acids is 1. The van der Waals surface area contributed by atoms with Crippen LogP contribution in [0.2, 0.25) is 0 Å². The van der Waals surface area contributed by atoms with Gasteiger partial charge in [0.05, 0.1) is 25.4 Å². The molecule has 1 amide bonds. The molecule has 0 atom stereocenters. The van der Waals surface area contributed by atoms with E-state index in [2.05, 4.69) is 10.3 Å². The third kappa shape index (κ3) is 3.08. The van der Waals surface area contributed by atoms with Gasteiger partial charge in [-0.25, -0.2) is 0 Å². The number of hydrogen-bond acceptors (Lipinski definition) is 4. The molecule has 0 saturated carbocycles. The average molecular weight is 308 g/mol. The van der Waals surface area contributed by atoms with Gasteiger partial charge in [-0.1, -0.05) is 6.07 Å². The van der Waals surface area contributed by atoms with Crippen LogP contribution in [-0.2, 0) is 0 Å². The zero-order chi connectivity index (χ0) is 16.2. The molecule has 116 valence electrons. The Hall–Kier alpha value is -3.08. The monoisotopic (exact) mass is 308 g/mol. The molecule has 3 aromatic rings. The van der Waals surface area contributed by atoms with Gasteiger partial charge in [0.1, 0.15) is 11.5 Å². The molecule has 0 spiro atoms. The van der Waals surface area contributed by atoms with Crippen LogP contribution in [0.1, 0.15) is 10.4 Å². The van der Waals surface area contributed by atoms with Crippen molar-refractivity contribution in [1.29, 1.82) is 0 Å². The maximum Gasteiger partial charge on any atom is 0.255 e. The minimum absolute atomic E-state index is 0.209. The van der Waals surface area contributed by atoms with Crippen molar-refractivity contribution in [3.05, 3.63) is 60.3 Å². The number of ether oxygens (including phenoxy) is 2. The first-order valence-electron chi connectivity index (χ1n) is 7.09. The summed E-state index contributed by atoms with van der Waals surface area (Å²) in [7, 11) is 3.17. The minimum Gasteiger partial charge on any atom is -0.497 e. The van der Waals surface area contributed by atoms with Crippen molar-refractivity contribution < 1.29 is 14.3 Å². The first-order chi connectivity index (χ1) is 11.2. The van der Waals surface area contributed by atoms with E-state index in [1.54, 1.807) is 50.7 Å². The third-order valence-electron chi connectivity index (χ3n) is 3.53. The molecule has 5 heteroatoms. The summed E-state index contributed by atoms with van der Waals surface area (Å²) in [6.07, 6.45) is 1.66. The smallest absolute Gasteiger partial charge is 0.255 e. The molecule has 1 heterocycles. The number of aromatic nitrogens is 1. The molecule has 3 rings (SSSR count). The van der Waals surface area contributed by atoms with Gasteiger partial charge in [-0.15, -0.1) is 0 Å². The highest BCUT2D eigenvalue weighted by molar-refractivity contribution is 6.08. The maximum absolute atomic E-state index is 12.5. The van der Waals surface area contributed by atoms with Gasteiger partial charge in [-0.3, -0.25) is 9.78 Å². The second-order valence-electron chi connectivity index (χ2n) is 4.93. The predicted octanol–water partition coefficient (Wildman–Crippen LogP) is 3.50. The molecule has 0 unspecified atom stereocenters. The molecule has 5 nitrogen and oxygen atoms in total. The number of nitrogens with one attached hydrogen (secondary N) is 1. The second kappa shape index (κ2) is 6.36. The van der Waals surface area contributed by atoms with Crippen LogP contribution >= 0.6 is 0 Å². The van der Waals surface area contributed by atoms with Crippen molar-refractivity contribution in [2.24, 2.45) is 0 Å². The number of fused-ring (bicyclic) bond motifs is 1. The molecule has 0 bridgehead atoms. The normalized spacial score (nSPS) is 10.3. The number of benzene rings is 2. The zero-order valence-corrected chi connectivity index (χ0v) is 12.9. The molecule has 0 aliphatic rings. The van der Waals surface area contributed by atoms with Gasteiger partial charge in [0, 0.05) is 17.1 Å². The molecule has 1 aromatic heterocycles. The van der Waals surface area contributed by atoms with Crippen LogP contribution in [0, 0.1) is 0 Å². The molecule has 0 aliphatic carbocycles. The number of amides is 1. The summed E-state index contributed by atoms with van der Waals surface area (Å²) in [4.78, 5) is 16.8. The lowest BCUT2D eigenvalue weighted by Gasteiger charge is -2.10. The second-order valence-corrected chi connectivity index (χ2v) is 4.93. The van der Waals surface area contributed by atoms with Crippen LogP contribution in [0.5, 0.6) is 11.5 Å². The number of anilines is 1. The zero-order valence-electron chi connectivity index (χ0n) is 12.9. The highest BCUT2D eigenvalue weighted by Crippen LogP contribution is 2.26. The Kier molecular flexibility index (Phi) is 4.10. The highest BCUT2D eigenvalue weighted by atomic mass is 16.5. The van der Waals surface area contributed by atoms with Crippen LogP contribution in [-0.4, -0.2) is 25.1 Å². The summed E-state index contributed by atoms with van der Waals surface area (Å²) in [6, 6.07) is 14.3. The minimum atomic E-state index is -0.209. The summed E-state index contributed by atoms with van der Waals surface area (Å²) in [6.45, 7) is 0. The molecular weight excluding hydrogens is 292 g/mol. The van der Waals surface area contributed by atoms with Crippen molar-refractivity contribution in [2.75, 3.05) is 19.5 Å². The molecule has 0 radical (unpaired) electrons. The summed E-state index contributed by atoms with van der Waals surface area (Å²) in [5.74, 6) is 1.14. The Morgan fingerprint density at radius 1 is 1.00 bits per heavy atom. The van der Waals surface area contributed by atoms with Gasteiger partial charge in [0.2, 0.25) is 0 Å². The van der Waals surface area contributed by atoms with Gasteiger partial charge in [0.25, 0.3) is 5.91 Å². The van der Waals surface area contributed by atoms with E-state index in [1.807, 2.05) is 18.2 Å². The molecule has 23 heavy (non-hydrogen) atoms. The summed E-state index contributed by atoms with van der Waals surface area (Å²) in [5, 5.41) is 3.74. The number of rotatable bonds is 4. The fourth-order valence-electron chi connectivity index (χ4n) is 2.32. The van der Waals surface area contributed by atoms with E-state index in [0.29, 0.717) is 22.7 Å². The van der Waals surface area contributed by atoms with Crippen molar-refractivity contribution in [1.82, 2.24) is 4.98 Å². The molecule has 2 aromatic carbocycles. The highest BCUT2D eigenvalue weighted by Gasteiger charge is 2.10. The quantitative estimate of drug-likeness (QED) is 0.801. The third-order valence-corrected chi connectivity index (χ3v) is 3.53. The van der Waals surface area contributed by atoms with E-state index in [9.17, 15) is 4.79 Å². The van der Waals surface area contributed by atoms with Crippen LogP contribution in [0.3, 0.4) is 0 Å². The number of pyridine rings is 1. The molecule has 1 N–H and O–H groups in total.